The number of rotatable bonds is 3. The zero-order valence-electron chi connectivity index (χ0n) is 30.7. The average Bonchev–Trinajstić information content (AvgIpc) is 3.05. The van der Waals surface area contributed by atoms with Crippen LogP contribution in [0.4, 0.5) is 21.0 Å². The Morgan fingerprint density at radius 2 is 1.36 bits per heavy atom. The first-order valence-corrected chi connectivity index (χ1v) is 17.0. The maximum Gasteiger partial charge on any atom is 0.410 e. The number of nitrogens with one attached hydrogen (secondary N) is 1. The Bertz CT molecular complexity index is 1360. The fourth-order valence-electron chi connectivity index (χ4n) is 4.41. The van der Waals surface area contributed by atoms with E-state index < -0.39 is 29.2 Å². The van der Waals surface area contributed by atoms with Crippen molar-refractivity contribution in [3.63, 3.8) is 0 Å². The van der Waals surface area contributed by atoms with Crippen molar-refractivity contribution in [1.82, 2.24) is 19.8 Å². The number of piperidine rings is 2. The van der Waals surface area contributed by atoms with E-state index in [0.29, 0.717) is 37.4 Å². The summed E-state index contributed by atoms with van der Waals surface area (Å²) in [6.07, 6.45) is 14.5. The lowest BCUT2D eigenvalue weighted by Gasteiger charge is -2.33. The fraction of sp³-hybridized carbons (Fsp3) is 0.543. The van der Waals surface area contributed by atoms with E-state index in [-0.39, 0.29) is 29.8 Å². The molecule has 0 aliphatic carbocycles. The molecule has 15 heteroatoms. The smallest absolute Gasteiger partial charge is 0.410 e. The standard InChI is InChI=1S/C16H23N3O3.C11H19NO4.C5H6N2.C2H2.CH2Cl2/c1-16(2,3)22-15(21)19-9-5-6-12(11-19)14(20)18-13-7-4-8-17-10-13;1-11(2,3)16-10(15)12-6-4-5-8(7-12)9(13)14;6-5-2-1-3-7-4-5;1-2;2-1-3/h4,7-8,10,12H,5-6,9,11H2,1-3H3,(H,18,20);8H,4-7H2,1-3H3,(H,13,14);1-4H,6H2;1-2H;1H2/t12-;8-;;;/m11.../s1/i;;;1D;. The molecule has 2 aliphatic rings. The third-order valence-corrected chi connectivity index (χ3v) is 6.48. The molecule has 2 saturated heterocycles. The summed E-state index contributed by atoms with van der Waals surface area (Å²) in [5, 5.41) is 11.9. The van der Waals surface area contributed by atoms with Crippen molar-refractivity contribution in [2.45, 2.75) is 78.4 Å². The lowest BCUT2D eigenvalue weighted by atomic mass is 9.97. The Kier molecular flexibility index (Phi) is 21.0. The molecule has 278 valence electrons. The minimum atomic E-state index is -0.840. The highest BCUT2D eigenvalue weighted by Gasteiger charge is 2.32. The largest absolute Gasteiger partial charge is 0.481 e. The highest BCUT2D eigenvalue weighted by atomic mass is 35.5. The van der Waals surface area contributed by atoms with E-state index in [1.54, 1.807) is 74.7 Å². The SMILES string of the molecule is CC(C)(C)OC(=O)N1CCC[C@@H](C(=O)Nc2cccnc2)C1.CC(C)(C)OC(=O)N1CCC[C@@H](C(=O)O)C1.ClCCl.Nc1cccnc1.[2H]C#C. The molecular formula is C35H52Cl2N6O7. The predicted octanol–water partition coefficient (Wildman–Crippen LogP) is 6.72. The number of halogens is 2. The normalized spacial score (nSPS) is 16.9. The van der Waals surface area contributed by atoms with Gasteiger partial charge in [-0.1, -0.05) is 0 Å². The molecule has 0 radical (unpaired) electrons. The number of nitrogen functional groups attached to an aromatic ring is 1. The minimum Gasteiger partial charge on any atom is -0.481 e. The van der Waals surface area contributed by atoms with Crippen molar-refractivity contribution in [2.24, 2.45) is 11.8 Å². The van der Waals surface area contributed by atoms with E-state index in [4.69, 9.17) is 44.9 Å². The molecule has 2 fully saturated rings. The molecule has 2 atom stereocenters. The number of likely N-dealkylation sites (tertiary alicyclic amines) is 2. The number of ether oxygens (including phenoxy) is 2. The number of hydrogen-bond donors (Lipinski definition) is 3. The number of carbonyl (C=O) groups excluding carboxylic acids is 3. The highest BCUT2D eigenvalue weighted by Crippen LogP contribution is 2.21. The van der Waals surface area contributed by atoms with E-state index in [9.17, 15) is 19.2 Å². The number of carboxylic acids is 1. The van der Waals surface area contributed by atoms with Gasteiger partial charge in [0.25, 0.3) is 0 Å². The molecule has 2 aromatic heterocycles. The van der Waals surface area contributed by atoms with E-state index in [1.807, 2.05) is 20.8 Å². The van der Waals surface area contributed by atoms with Crippen molar-refractivity contribution >= 4 is 58.6 Å². The first-order chi connectivity index (χ1) is 23.9. The van der Waals surface area contributed by atoms with Crippen molar-refractivity contribution in [3.8, 4) is 12.8 Å². The molecule has 4 N–H and O–H groups in total. The van der Waals surface area contributed by atoms with Gasteiger partial charge in [0.05, 0.1) is 34.7 Å². The van der Waals surface area contributed by atoms with Crippen molar-refractivity contribution in [1.29, 1.82) is 0 Å². The van der Waals surface area contributed by atoms with E-state index in [2.05, 4.69) is 21.7 Å². The van der Waals surface area contributed by atoms with Gasteiger partial charge >= 0.3 is 18.2 Å². The van der Waals surface area contributed by atoms with Crippen LogP contribution in [0.5, 0.6) is 0 Å². The van der Waals surface area contributed by atoms with Gasteiger partial charge in [0.1, 0.15) is 12.6 Å². The molecule has 2 aromatic rings. The molecule has 0 aromatic carbocycles. The molecule has 0 bridgehead atoms. The molecule has 2 aliphatic heterocycles. The summed E-state index contributed by atoms with van der Waals surface area (Å²) in [5.41, 5.74) is 5.61. The zero-order valence-corrected chi connectivity index (χ0v) is 31.2. The Balaban J connectivity index is 0.000000746. The summed E-state index contributed by atoms with van der Waals surface area (Å²) < 4.78 is 16.3. The number of aromatic nitrogens is 2. The number of nitrogens with two attached hydrogens (primary N) is 1. The second-order valence-corrected chi connectivity index (χ2v) is 13.8. The van der Waals surface area contributed by atoms with Crippen molar-refractivity contribution < 1.29 is 35.1 Å². The van der Waals surface area contributed by atoms with E-state index >= 15 is 0 Å². The summed E-state index contributed by atoms with van der Waals surface area (Å²) in [6.45, 7) is 12.7. The third-order valence-electron chi connectivity index (χ3n) is 6.48. The van der Waals surface area contributed by atoms with Crippen molar-refractivity contribution in [3.05, 3.63) is 49.1 Å². The Morgan fingerprint density at radius 3 is 1.72 bits per heavy atom. The van der Waals surface area contributed by atoms with Gasteiger partial charge in [0, 0.05) is 44.8 Å². The molecule has 4 rings (SSSR count). The fourth-order valence-corrected chi connectivity index (χ4v) is 4.41. The Hall–Kier alpha value is -4.28. The lowest BCUT2D eigenvalue weighted by molar-refractivity contribution is -0.143. The minimum absolute atomic E-state index is 0.0822. The maximum absolute atomic E-state index is 12.3. The summed E-state index contributed by atoms with van der Waals surface area (Å²) >= 11 is 9.53. The second-order valence-electron chi connectivity index (χ2n) is 13.0. The number of aliphatic carboxylic acids is 1. The molecule has 0 spiro atoms. The molecule has 4 heterocycles. The van der Waals surface area contributed by atoms with Crippen LogP contribution in [0, 0.1) is 24.7 Å². The van der Waals surface area contributed by atoms with Gasteiger partial charge in [-0.25, -0.2) is 9.59 Å². The number of terminal acetylenes is 1. The topological polar surface area (TPSA) is 177 Å². The summed E-state index contributed by atoms with van der Waals surface area (Å²) in [4.78, 5) is 57.7. The molecule has 50 heavy (non-hydrogen) atoms. The van der Waals surface area contributed by atoms with Crippen LogP contribution in [-0.2, 0) is 19.1 Å². The van der Waals surface area contributed by atoms with Crippen LogP contribution in [0.25, 0.3) is 0 Å². The second kappa shape index (κ2) is 24.0. The molecule has 13 nitrogen and oxygen atoms in total. The first kappa shape index (κ1) is 43.7. The lowest BCUT2D eigenvalue weighted by Crippen LogP contribution is -2.45. The van der Waals surface area contributed by atoms with Crippen molar-refractivity contribution in [2.75, 3.05) is 42.6 Å². The van der Waals surface area contributed by atoms with Gasteiger partial charge in [-0.05, 0) is 91.5 Å². The first-order valence-electron chi connectivity index (χ1n) is 16.4. The van der Waals surface area contributed by atoms with Gasteiger partial charge in [-0.3, -0.25) is 19.6 Å². The third kappa shape index (κ3) is 20.9. The monoisotopic (exact) mass is 739 g/mol. The summed E-state index contributed by atoms with van der Waals surface area (Å²) in [7, 11) is 0. The van der Waals surface area contributed by atoms with Crippen LogP contribution in [-0.4, -0.2) is 91.7 Å². The number of nitrogens with zero attached hydrogens (tertiary/aromatic N) is 4. The molecule has 0 saturated carbocycles. The number of carboxylic acid groups (broad SMARTS) is 1. The van der Waals surface area contributed by atoms with Crippen LogP contribution >= 0.6 is 23.2 Å². The van der Waals surface area contributed by atoms with Crippen LogP contribution < -0.4 is 11.1 Å². The molecule has 3 amide bonds. The number of alkyl halides is 2. The molecular weight excluding hydrogens is 687 g/mol. The van der Waals surface area contributed by atoms with Gasteiger partial charge in [0.15, 0.2) is 0 Å². The predicted molar refractivity (Wildman–Crippen MR) is 197 cm³/mol. The van der Waals surface area contributed by atoms with Gasteiger partial charge in [-0.2, -0.15) is 0 Å². The Labute approximate surface area is 307 Å². The van der Waals surface area contributed by atoms with Crippen LogP contribution in [0.15, 0.2) is 49.1 Å². The van der Waals surface area contributed by atoms with Crippen LogP contribution in [0.1, 0.15) is 68.6 Å². The number of anilines is 2. The van der Waals surface area contributed by atoms with Gasteiger partial charge < -0.3 is 35.4 Å². The van der Waals surface area contributed by atoms with Crippen LogP contribution in [0.3, 0.4) is 0 Å². The highest BCUT2D eigenvalue weighted by molar-refractivity contribution is 6.40. The van der Waals surface area contributed by atoms with Crippen LogP contribution in [0.2, 0.25) is 0 Å². The summed E-state index contributed by atoms with van der Waals surface area (Å²) in [5.74, 6) is -1.60. The Morgan fingerprint density at radius 1 is 0.920 bits per heavy atom. The maximum atomic E-state index is 12.3. The molecule has 0 unspecified atom stereocenters. The number of hydrogen-bond acceptors (Lipinski definition) is 9. The zero-order chi connectivity index (χ0) is 39.0. The average molecular weight is 741 g/mol. The van der Waals surface area contributed by atoms with Gasteiger partial charge in [-0.15, -0.1) is 36.0 Å². The number of amides is 3. The summed E-state index contributed by atoms with van der Waals surface area (Å²) in [6, 6.07) is 7.16. The quantitative estimate of drug-likeness (QED) is 0.226. The number of carbonyl (C=O) groups is 4. The van der Waals surface area contributed by atoms with E-state index in [1.165, 1.54) is 11.3 Å². The van der Waals surface area contributed by atoms with E-state index in [0.717, 1.165) is 19.3 Å². The van der Waals surface area contributed by atoms with Gasteiger partial charge in [0.2, 0.25) is 5.91 Å². The number of pyridine rings is 2.